The van der Waals surface area contributed by atoms with E-state index in [2.05, 4.69) is 0 Å². The molecule has 3 aromatic rings. The monoisotopic (exact) mass is 463 g/mol. The van der Waals surface area contributed by atoms with Crippen LogP contribution in [-0.4, -0.2) is 38.2 Å². The van der Waals surface area contributed by atoms with Crippen molar-refractivity contribution in [2.45, 2.75) is 13.5 Å². The summed E-state index contributed by atoms with van der Waals surface area (Å²) in [6.07, 6.45) is 1.43. The van der Waals surface area contributed by atoms with Gasteiger partial charge >= 0.3 is 11.9 Å². The Morgan fingerprint density at radius 3 is 2.33 bits per heavy atom. The molecule has 8 nitrogen and oxygen atoms in total. The number of rotatable bonds is 6. The number of furan rings is 1. The molecule has 1 aliphatic heterocycles. The van der Waals surface area contributed by atoms with Gasteiger partial charge in [0.05, 0.1) is 22.6 Å². The fourth-order valence-electron chi connectivity index (χ4n) is 3.36. The number of carbonyl (C=O) groups excluding carboxylic acids is 2. The van der Waals surface area contributed by atoms with E-state index in [-0.39, 0.29) is 44.9 Å². The average molecular weight is 463 g/mol. The van der Waals surface area contributed by atoms with Crippen molar-refractivity contribution in [3.8, 4) is 11.3 Å². The van der Waals surface area contributed by atoms with Crippen molar-refractivity contribution in [2.24, 2.45) is 0 Å². The molecule has 2 aromatic carbocycles. The fraction of sp³-hybridized carbons (Fsp3) is 0.0833. The van der Waals surface area contributed by atoms with Gasteiger partial charge in [-0.15, -0.1) is 0 Å². The minimum absolute atomic E-state index is 0.160. The summed E-state index contributed by atoms with van der Waals surface area (Å²) in [6.45, 7) is 2.09. The first kappa shape index (κ1) is 22.1. The lowest BCUT2D eigenvalue weighted by Gasteiger charge is -2.12. The summed E-state index contributed by atoms with van der Waals surface area (Å²) in [6, 6.07) is 14.3. The van der Waals surface area contributed by atoms with Gasteiger partial charge in [0, 0.05) is 11.6 Å². The van der Waals surface area contributed by atoms with Crippen molar-refractivity contribution in [2.75, 3.05) is 0 Å². The van der Waals surface area contributed by atoms with E-state index < -0.39 is 17.8 Å². The maximum atomic E-state index is 12.8. The zero-order valence-corrected chi connectivity index (χ0v) is 18.1. The molecule has 2 heterocycles. The number of amides is 2. The fourth-order valence-corrected chi connectivity index (χ4v) is 4.18. The third kappa shape index (κ3) is 4.73. The third-order valence-electron chi connectivity index (χ3n) is 4.91. The van der Waals surface area contributed by atoms with E-state index in [1.165, 1.54) is 24.3 Å². The maximum absolute atomic E-state index is 12.8. The Hall–Kier alpha value is -4.11. The lowest BCUT2D eigenvalue weighted by atomic mass is 10.0. The van der Waals surface area contributed by atoms with Gasteiger partial charge in [-0.05, 0) is 54.6 Å². The molecule has 0 spiro atoms. The van der Waals surface area contributed by atoms with Gasteiger partial charge in [-0.1, -0.05) is 29.8 Å². The standard InChI is InChI=1S/C24H17NO7S/c1-13-3-2-4-14(7-13)12-25-21(26)20(33-24(25)31)11-18-5-6-19(32-18)15-8-16(22(27)28)10-17(9-15)23(29)30/h2-11H,12H2,1H3,(H,27,28)(H,29,30)/b20-11-. The van der Waals surface area contributed by atoms with Crippen molar-refractivity contribution < 1.29 is 33.8 Å². The van der Waals surface area contributed by atoms with Crippen LogP contribution in [0.1, 0.15) is 37.6 Å². The van der Waals surface area contributed by atoms with E-state index in [0.29, 0.717) is 0 Å². The molecule has 166 valence electrons. The number of benzene rings is 2. The molecule has 33 heavy (non-hydrogen) atoms. The largest absolute Gasteiger partial charge is 0.478 e. The van der Waals surface area contributed by atoms with E-state index >= 15 is 0 Å². The summed E-state index contributed by atoms with van der Waals surface area (Å²) in [4.78, 5) is 49.2. The first-order valence-corrected chi connectivity index (χ1v) is 10.6. The number of aryl methyl sites for hydroxylation is 1. The molecule has 1 aliphatic rings. The Labute approximate surface area is 192 Å². The minimum Gasteiger partial charge on any atom is -0.478 e. The van der Waals surface area contributed by atoms with Crippen molar-refractivity contribution in [3.63, 3.8) is 0 Å². The molecule has 0 bridgehead atoms. The van der Waals surface area contributed by atoms with E-state index in [9.17, 15) is 29.4 Å². The molecule has 0 unspecified atom stereocenters. The van der Waals surface area contributed by atoms with Crippen LogP contribution in [0.4, 0.5) is 4.79 Å². The van der Waals surface area contributed by atoms with E-state index in [4.69, 9.17) is 4.42 Å². The number of imide groups is 1. The second-order valence-electron chi connectivity index (χ2n) is 7.37. The molecule has 0 saturated carbocycles. The van der Waals surface area contributed by atoms with Gasteiger partial charge in [0.1, 0.15) is 11.5 Å². The number of thioether (sulfide) groups is 1. The predicted octanol–water partition coefficient (Wildman–Crippen LogP) is 4.89. The Bertz CT molecular complexity index is 1310. The highest BCUT2D eigenvalue weighted by Crippen LogP contribution is 2.34. The zero-order valence-electron chi connectivity index (χ0n) is 17.3. The second-order valence-corrected chi connectivity index (χ2v) is 8.36. The highest BCUT2D eigenvalue weighted by atomic mass is 32.2. The molecule has 1 saturated heterocycles. The summed E-state index contributed by atoms with van der Waals surface area (Å²) >= 11 is 0.801. The summed E-state index contributed by atoms with van der Waals surface area (Å²) in [5.74, 6) is -2.48. The van der Waals surface area contributed by atoms with Crippen LogP contribution in [0.2, 0.25) is 0 Å². The number of carbonyl (C=O) groups is 4. The van der Waals surface area contributed by atoms with Crippen molar-refractivity contribution in [1.29, 1.82) is 0 Å². The average Bonchev–Trinajstić information content (AvgIpc) is 3.34. The Kier molecular flexibility index (Phi) is 5.89. The first-order valence-electron chi connectivity index (χ1n) is 9.74. The SMILES string of the molecule is Cc1cccc(CN2C(=O)S/C(=C\c3ccc(-c4cc(C(=O)O)cc(C(=O)O)c4)o3)C2=O)c1. The van der Waals surface area contributed by atoms with Crippen molar-refractivity contribution in [1.82, 2.24) is 4.90 Å². The molecule has 1 aromatic heterocycles. The van der Waals surface area contributed by atoms with Gasteiger partial charge < -0.3 is 14.6 Å². The normalized spacial score (nSPS) is 14.8. The number of nitrogens with zero attached hydrogens (tertiary/aromatic N) is 1. The van der Waals surface area contributed by atoms with E-state index in [1.54, 1.807) is 6.07 Å². The summed E-state index contributed by atoms with van der Waals surface area (Å²) in [5, 5.41) is 18.1. The van der Waals surface area contributed by atoms with Crippen LogP contribution in [0.15, 0.2) is 63.9 Å². The lowest BCUT2D eigenvalue weighted by molar-refractivity contribution is -0.123. The molecular weight excluding hydrogens is 446 g/mol. The molecular formula is C24H17NO7S. The van der Waals surface area contributed by atoms with Gasteiger partial charge in [0.25, 0.3) is 11.1 Å². The van der Waals surface area contributed by atoms with Crippen molar-refractivity contribution in [3.05, 3.63) is 87.5 Å². The topological polar surface area (TPSA) is 125 Å². The van der Waals surface area contributed by atoms with Crippen LogP contribution in [0.5, 0.6) is 0 Å². The summed E-state index contributed by atoms with van der Waals surface area (Å²) in [7, 11) is 0. The number of carboxylic acid groups (broad SMARTS) is 2. The smallest absolute Gasteiger partial charge is 0.335 e. The lowest BCUT2D eigenvalue weighted by Crippen LogP contribution is -2.27. The maximum Gasteiger partial charge on any atom is 0.335 e. The highest BCUT2D eigenvalue weighted by molar-refractivity contribution is 8.18. The van der Waals surface area contributed by atoms with Crippen LogP contribution in [0.3, 0.4) is 0 Å². The third-order valence-corrected chi connectivity index (χ3v) is 5.82. The van der Waals surface area contributed by atoms with E-state index in [1.807, 2.05) is 31.2 Å². The number of aromatic carboxylic acids is 2. The Balaban J connectivity index is 1.59. The first-order chi connectivity index (χ1) is 15.7. The Morgan fingerprint density at radius 2 is 1.70 bits per heavy atom. The molecule has 2 N–H and O–H groups in total. The van der Waals surface area contributed by atoms with E-state index in [0.717, 1.165) is 33.9 Å². The molecule has 1 fully saturated rings. The molecule has 4 rings (SSSR count). The zero-order chi connectivity index (χ0) is 23.7. The number of hydrogen-bond donors (Lipinski definition) is 2. The number of hydrogen-bond acceptors (Lipinski definition) is 6. The molecule has 0 aliphatic carbocycles. The summed E-state index contributed by atoms with van der Waals surface area (Å²) in [5.41, 5.74) is 1.74. The van der Waals surface area contributed by atoms with Crippen LogP contribution in [-0.2, 0) is 11.3 Å². The van der Waals surface area contributed by atoms with Gasteiger partial charge in [0.2, 0.25) is 0 Å². The molecule has 9 heteroatoms. The van der Waals surface area contributed by atoms with Crippen LogP contribution in [0, 0.1) is 6.92 Å². The summed E-state index contributed by atoms with van der Waals surface area (Å²) < 4.78 is 5.70. The van der Waals surface area contributed by atoms with Crippen LogP contribution in [0.25, 0.3) is 17.4 Å². The van der Waals surface area contributed by atoms with Gasteiger partial charge in [0.15, 0.2) is 0 Å². The quantitative estimate of drug-likeness (QED) is 0.495. The van der Waals surface area contributed by atoms with Gasteiger partial charge in [-0.25, -0.2) is 9.59 Å². The molecule has 0 atom stereocenters. The molecule has 2 amide bonds. The molecule has 0 radical (unpaired) electrons. The predicted molar refractivity (Wildman–Crippen MR) is 121 cm³/mol. The van der Waals surface area contributed by atoms with Gasteiger partial charge in [-0.3, -0.25) is 14.5 Å². The second kappa shape index (κ2) is 8.79. The van der Waals surface area contributed by atoms with Crippen LogP contribution < -0.4 is 0 Å². The van der Waals surface area contributed by atoms with Crippen LogP contribution >= 0.6 is 11.8 Å². The number of carboxylic acids is 2. The highest BCUT2D eigenvalue weighted by Gasteiger charge is 2.35. The van der Waals surface area contributed by atoms with Gasteiger partial charge in [-0.2, -0.15) is 0 Å². The Morgan fingerprint density at radius 1 is 1.00 bits per heavy atom. The van der Waals surface area contributed by atoms with Crippen molar-refractivity contribution >= 4 is 40.9 Å². The minimum atomic E-state index is -1.27.